The molecular weight excluding hydrogens is 228 g/mol. The summed E-state index contributed by atoms with van der Waals surface area (Å²) >= 11 is 6.00. The molecule has 2 rings (SSSR count). The zero-order chi connectivity index (χ0) is 11.7. The van der Waals surface area contributed by atoms with Gasteiger partial charge in [0.1, 0.15) is 5.76 Å². The first kappa shape index (κ1) is 11.2. The highest BCUT2D eigenvalue weighted by molar-refractivity contribution is 6.31. The van der Waals surface area contributed by atoms with Gasteiger partial charge < -0.3 is 9.52 Å². The molecule has 2 aromatic heterocycles. The molecule has 0 amide bonds. The van der Waals surface area contributed by atoms with E-state index in [2.05, 4.69) is 5.10 Å². The van der Waals surface area contributed by atoms with E-state index in [9.17, 15) is 5.11 Å². The fourth-order valence-corrected chi connectivity index (χ4v) is 1.93. The lowest BCUT2D eigenvalue weighted by molar-refractivity contribution is 0.177. The minimum atomic E-state index is -0.870. The van der Waals surface area contributed by atoms with Crippen LogP contribution in [0, 0.1) is 6.92 Å². The highest BCUT2D eigenvalue weighted by Crippen LogP contribution is 2.30. The molecule has 2 heterocycles. The SMILES string of the molecule is CCn1ncc(Cl)c1C(O)c1occc1C. The van der Waals surface area contributed by atoms with Gasteiger partial charge in [-0.05, 0) is 25.5 Å². The average molecular weight is 241 g/mol. The summed E-state index contributed by atoms with van der Waals surface area (Å²) in [5, 5.41) is 14.7. The molecule has 16 heavy (non-hydrogen) atoms. The third-order valence-corrected chi connectivity index (χ3v) is 2.83. The predicted octanol–water partition coefficient (Wildman–Crippen LogP) is 2.54. The Balaban J connectivity index is 2.44. The molecule has 0 fully saturated rings. The van der Waals surface area contributed by atoms with Gasteiger partial charge in [0.15, 0.2) is 6.10 Å². The number of aromatic nitrogens is 2. The summed E-state index contributed by atoms with van der Waals surface area (Å²) in [5.41, 5.74) is 1.47. The van der Waals surface area contributed by atoms with Crippen LogP contribution in [0.15, 0.2) is 22.9 Å². The van der Waals surface area contributed by atoms with Gasteiger partial charge in [0.05, 0.1) is 23.2 Å². The van der Waals surface area contributed by atoms with Gasteiger partial charge in [0.25, 0.3) is 0 Å². The molecule has 0 saturated heterocycles. The maximum absolute atomic E-state index is 10.2. The van der Waals surface area contributed by atoms with Crippen LogP contribution in [-0.4, -0.2) is 14.9 Å². The highest BCUT2D eigenvalue weighted by atomic mass is 35.5. The number of aliphatic hydroxyl groups is 1. The van der Waals surface area contributed by atoms with Crippen molar-refractivity contribution in [2.24, 2.45) is 0 Å². The minimum Gasteiger partial charge on any atom is -0.466 e. The third kappa shape index (κ3) is 1.74. The van der Waals surface area contributed by atoms with Gasteiger partial charge in [0.2, 0.25) is 0 Å². The number of nitrogens with zero attached hydrogens (tertiary/aromatic N) is 2. The lowest BCUT2D eigenvalue weighted by atomic mass is 10.1. The Morgan fingerprint density at radius 2 is 2.38 bits per heavy atom. The summed E-state index contributed by atoms with van der Waals surface area (Å²) in [6.45, 7) is 4.47. The van der Waals surface area contributed by atoms with E-state index in [1.807, 2.05) is 13.8 Å². The second-order valence-corrected chi connectivity index (χ2v) is 3.97. The zero-order valence-electron chi connectivity index (χ0n) is 9.14. The number of halogens is 1. The van der Waals surface area contributed by atoms with Gasteiger partial charge in [-0.2, -0.15) is 5.10 Å². The van der Waals surface area contributed by atoms with Crippen molar-refractivity contribution in [3.8, 4) is 0 Å². The van der Waals surface area contributed by atoms with Crippen molar-refractivity contribution in [1.29, 1.82) is 0 Å². The Kier molecular flexibility index (Phi) is 3.03. The molecule has 4 nitrogen and oxygen atoms in total. The topological polar surface area (TPSA) is 51.2 Å². The molecule has 0 bridgehead atoms. The van der Waals surface area contributed by atoms with Crippen molar-refractivity contribution >= 4 is 11.6 Å². The number of aliphatic hydroxyl groups excluding tert-OH is 1. The lowest BCUT2D eigenvalue weighted by Crippen LogP contribution is -2.09. The number of rotatable bonds is 3. The Hall–Kier alpha value is -1.26. The normalized spacial score (nSPS) is 13.0. The lowest BCUT2D eigenvalue weighted by Gasteiger charge is -2.11. The smallest absolute Gasteiger partial charge is 0.155 e. The molecule has 86 valence electrons. The molecule has 2 aromatic rings. The number of furan rings is 1. The first-order chi connectivity index (χ1) is 7.65. The fourth-order valence-electron chi connectivity index (χ4n) is 1.68. The summed E-state index contributed by atoms with van der Waals surface area (Å²) in [4.78, 5) is 0. The molecule has 0 spiro atoms. The predicted molar refractivity (Wildman–Crippen MR) is 60.4 cm³/mol. The molecule has 0 radical (unpaired) electrons. The Morgan fingerprint density at radius 1 is 1.62 bits per heavy atom. The Morgan fingerprint density at radius 3 is 2.94 bits per heavy atom. The van der Waals surface area contributed by atoms with E-state index in [1.165, 1.54) is 6.20 Å². The van der Waals surface area contributed by atoms with Crippen molar-refractivity contribution in [3.05, 3.63) is 40.6 Å². The third-order valence-electron chi connectivity index (χ3n) is 2.54. The first-order valence-corrected chi connectivity index (χ1v) is 5.46. The summed E-state index contributed by atoms with van der Waals surface area (Å²) in [7, 11) is 0. The highest BCUT2D eigenvalue weighted by Gasteiger charge is 2.23. The molecule has 5 heteroatoms. The van der Waals surface area contributed by atoms with Crippen molar-refractivity contribution in [2.45, 2.75) is 26.5 Å². The van der Waals surface area contributed by atoms with Crippen LogP contribution >= 0.6 is 11.6 Å². The molecule has 0 aromatic carbocycles. The van der Waals surface area contributed by atoms with Crippen LogP contribution in [0.25, 0.3) is 0 Å². The van der Waals surface area contributed by atoms with Crippen LogP contribution in [0.4, 0.5) is 0 Å². The maximum Gasteiger partial charge on any atom is 0.155 e. The van der Waals surface area contributed by atoms with Crippen LogP contribution in [0.1, 0.15) is 30.0 Å². The molecule has 0 aliphatic heterocycles. The van der Waals surface area contributed by atoms with Crippen LogP contribution in [0.3, 0.4) is 0 Å². The van der Waals surface area contributed by atoms with Crippen LogP contribution in [-0.2, 0) is 6.54 Å². The summed E-state index contributed by atoms with van der Waals surface area (Å²) < 4.78 is 6.92. The quantitative estimate of drug-likeness (QED) is 0.897. The van der Waals surface area contributed by atoms with Gasteiger partial charge in [0, 0.05) is 6.54 Å². The summed E-state index contributed by atoms with van der Waals surface area (Å²) in [6.07, 6.45) is 2.21. The zero-order valence-corrected chi connectivity index (χ0v) is 9.90. The van der Waals surface area contributed by atoms with Crippen LogP contribution in [0.5, 0.6) is 0 Å². The van der Waals surface area contributed by atoms with Crippen LogP contribution < -0.4 is 0 Å². The molecule has 0 saturated carbocycles. The van der Waals surface area contributed by atoms with E-state index in [0.717, 1.165) is 5.56 Å². The van der Waals surface area contributed by atoms with Gasteiger partial charge in [-0.25, -0.2) is 0 Å². The van der Waals surface area contributed by atoms with Gasteiger partial charge in [-0.1, -0.05) is 11.6 Å². The summed E-state index contributed by atoms with van der Waals surface area (Å²) in [5.74, 6) is 0.511. The molecule has 1 N–H and O–H groups in total. The fraction of sp³-hybridized carbons (Fsp3) is 0.364. The second-order valence-electron chi connectivity index (χ2n) is 3.56. The Labute approximate surface area is 98.4 Å². The first-order valence-electron chi connectivity index (χ1n) is 5.08. The maximum atomic E-state index is 10.2. The van der Waals surface area contributed by atoms with Crippen molar-refractivity contribution in [2.75, 3.05) is 0 Å². The molecule has 0 aliphatic rings. The minimum absolute atomic E-state index is 0.449. The van der Waals surface area contributed by atoms with E-state index in [4.69, 9.17) is 16.0 Å². The average Bonchev–Trinajstić information content (AvgIpc) is 2.83. The van der Waals surface area contributed by atoms with Gasteiger partial charge in [-0.15, -0.1) is 0 Å². The molecule has 1 atom stereocenters. The molecular formula is C11H13ClN2O2. The standard InChI is InChI=1S/C11H13ClN2O2/c1-3-14-9(8(12)6-13-14)10(15)11-7(2)4-5-16-11/h4-6,10,15H,3H2,1-2H3. The van der Waals surface area contributed by atoms with E-state index in [0.29, 0.717) is 23.0 Å². The van der Waals surface area contributed by atoms with Crippen molar-refractivity contribution in [3.63, 3.8) is 0 Å². The monoisotopic (exact) mass is 240 g/mol. The van der Waals surface area contributed by atoms with Gasteiger partial charge in [-0.3, -0.25) is 4.68 Å². The van der Waals surface area contributed by atoms with Crippen molar-refractivity contribution in [1.82, 2.24) is 9.78 Å². The van der Waals surface area contributed by atoms with E-state index in [1.54, 1.807) is 17.0 Å². The summed E-state index contributed by atoms with van der Waals surface area (Å²) in [6, 6.07) is 1.80. The Bertz CT molecular complexity index is 490. The largest absolute Gasteiger partial charge is 0.466 e. The van der Waals surface area contributed by atoms with Crippen LogP contribution in [0.2, 0.25) is 5.02 Å². The molecule has 1 unspecified atom stereocenters. The number of hydrogen-bond donors (Lipinski definition) is 1. The van der Waals surface area contributed by atoms with Crippen molar-refractivity contribution < 1.29 is 9.52 Å². The van der Waals surface area contributed by atoms with E-state index >= 15 is 0 Å². The van der Waals surface area contributed by atoms with Gasteiger partial charge >= 0.3 is 0 Å². The number of hydrogen-bond acceptors (Lipinski definition) is 3. The number of aryl methyl sites for hydroxylation is 2. The molecule has 0 aliphatic carbocycles. The van der Waals surface area contributed by atoms with E-state index in [-0.39, 0.29) is 0 Å². The van der Waals surface area contributed by atoms with E-state index < -0.39 is 6.10 Å². The second kappa shape index (κ2) is 4.31.